The van der Waals surface area contributed by atoms with Crippen molar-refractivity contribution < 1.29 is 14.3 Å². The van der Waals surface area contributed by atoms with Crippen LogP contribution in [-0.2, 0) is 11.3 Å². The highest BCUT2D eigenvalue weighted by atomic mass is 16.6. The third-order valence-corrected chi connectivity index (χ3v) is 4.29. The summed E-state index contributed by atoms with van der Waals surface area (Å²) in [6.45, 7) is 4.58. The molecular formula is C18H23NO3. The van der Waals surface area contributed by atoms with Gasteiger partial charge in [-0.25, -0.2) is 0 Å². The van der Waals surface area contributed by atoms with Gasteiger partial charge in [-0.1, -0.05) is 18.2 Å². The molecule has 1 heterocycles. The van der Waals surface area contributed by atoms with E-state index in [1.165, 1.54) is 0 Å². The Kier molecular flexibility index (Phi) is 4.66. The number of carbonyl (C=O) groups excluding carboxylic acids is 1. The van der Waals surface area contributed by atoms with Gasteiger partial charge in [-0.05, 0) is 43.9 Å². The molecule has 1 aromatic rings. The van der Waals surface area contributed by atoms with Gasteiger partial charge in [0.25, 0.3) is 0 Å². The number of hydrogen-bond donors (Lipinski definition) is 0. The quantitative estimate of drug-likeness (QED) is 0.802. The van der Waals surface area contributed by atoms with Crippen molar-refractivity contribution in [2.24, 2.45) is 5.92 Å². The minimum absolute atomic E-state index is 0.141. The Labute approximate surface area is 131 Å². The summed E-state index contributed by atoms with van der Waals surface area (Å²) >= 11 is 0. The zero-order valence-electron chi connectivity index (χ0n) is 13.1. The number of amides is 1. The molecule has 4 heteroatoms. The maximum Gasteiger partial charge on any atom is 0.226 e. The third-order valence-electron chi connectivity index (χ3n) is 4.29. The highest BCUT2D eigenvalue weighted by Gasteiger charge is 2.24. The number of ether oxygens (including phenoxy) is 2. The van der Waals surface area contributed by atoms with Crippen LogP contribution < -0.4 is 9.47 Å². The lowest BCUT2D eigenvalue weighted by Crippen LogP contribution is -2.36. The minimum atomic E-state index is 0.141. The molecule has 1 atom stereocenters. The molecule has 0 N–H and O–H groups in total. The molecule has 1 aliphatic heterocycles. The van der Waals surface area contributed by atoms with E-state index in [0.717, 1.165) is 42.9 Å². The van der Waals surface area contributed by atoms with Gasteiger partial charge < -0.3 is 14.4 Å². The highest BCUT2D eigenvalue weighted by Crippen LogP contribution is 2.31. The van der Waals surface area contributed by atoms with Crippen LogP contribution >= 0.6 is 0 Å². The summed E-state index contributed by atoms with van der Waals surface area (Å²) in [4.78, 5) is 14.6. The topological polar surface area (TPSA) is 38.8 Å². The summed E-state index contributed by atoms with van der Waals surface area (Å²) in [7, 11) is 0. The van der Waals surface area contributed by atoms with Crippen molar-refractivity contribution in [1.82, 2.24) is 4.90 Å². The second-order valence-electron chi connectivity index (χ2n) is 5.81. The molecule has 0 radical (unpaired) electrons. The molecule has 3 rings (SSSR count). The van der Waals surface area contributed by atoms with Crippen molar-refractivity contribution in [3.63, 3.8) is 0 Å². The van der Waals surface area contributed by atoms with Crippen LogP contribution in [0.5, 0.6) is 11.5 Å². The van der Waals surface area contributed by atoms with Crippen LogP contribution in [0, 0.1) is 5.92 Å². The van der Waals surface area contributed by atoms with Gasteiger partial charge in [0.05, 0.1) is 0 Å². The first kappa shape index (κ1) is 14.9. The van der Waals surface area contributed by atoms with Gasteiger partial charge in [0.2, 0.25) is 5.91 Å². The van der Waals surface area contributed by atoms with Crippen LogP contribution in [0.15, 0.2) is 30.4 Å². The lowest BCUT2D eigenvalue weighted by atomic mass is 9.93. The molecule has 0 bridgehead atoms. The highest BCUT2D eigenvalue weighted by molar-refractivity contribution is 5.79. The minimum Gasteiger partial charge on any atom is -0.486 e. The first-order valence-electron chi connectivity index (χ1n) is 8.10. The van der Waals surface area contributed by atoms with E-state index in [9.17, 15) is 4.79 Å². The van der Waals surface area contributed by atoms with Gasteiger partial charge in [0, 0.05) is 19.0 Å². The van der Waals surface area contributed by atoms with E-state index in [1.54, 1.807) is 0 Å². The average Bonchev–Trinajstić information content (AvgIpc) is 2.59. The Hall–Kier alpha value is -1.97. The largest absolute Gasteiger partial charge is 0.486 e. The maximum atomic E-state index is 12.7. The molecule has 1 aliphatic carbocycles. The number of fused-ring (bicyclic) bond motifs is 1. The summed E-state index contributed by atoms with van der Waals surface area (Å²) in [5.41, 5.74) is 1.09. The smallest absolute Gasteiger partial charge is 0.226 e. The molecule has 1 amide bonds. The normalized spacial score (nSPS) is 19.8. The van der Waals surface area contributed by atoms with Crippen LogP contribution in [0.2, 0.25) is 0 Å². The summed E-state index contributed by atoms with van der Waals surface area (Å²) in [6, 6.07) is 5.95. The lowest BCUT2D eigenvalue weighted by molar-refractivity contribution is -0.136. The van der Waals surface area contributed by atoms with E-state index < -0.39 is 0 Å². The van der Waals surface area contributed by atoms with E-state index in [1.807, 2.05) is 30.0 Å². The number of nitrogens with zero attached hydrogens (tertiary/aromatic N) is 1. The predicted molar refractivity (Wildman–Crippen MR) is 85.0 cm³/mol. The molecular weight excluding hydrogens is 278 g/mol. The molecule has 22 heavy (non-hydrogen) atoms. The van der Waals surface area contributed by atoms with E-state index in [4.69, 9.17) is 9.47 Å². The van der Waals surface area contributed by atoms with E-state index in [2.05, 4.69) is 12.2 Å². The Morgan fingerprint density at radius 3 is 2.77 bits per heavy atom. The second-order valence-corrected chi connectivity index (χ2v) is 5.81. The number of rotatable bonds is 4. The van der Waals surface area contributed by atoms with Gasteiger partial charge in [-0.3, -0.25) is 4.79 Å². The van der Waals surface area contributed by atoms with Crippen LogP contribution in [0.1, 0.15) is 31.7 Å². The summed E-state index contributed by atoms with van der Waals surface area (Å²) in [6.07, 6.45) is 7.15. The van der Waals surface area contributed by atoms with Crippen LogP contribution in [-0.4, -0.2) is 30.6 Å². The monoisotopic (exact) mass is 301 g/mol. The fraction of sp³-hybridized carbons (Fsp3) is 0.500. The fourth-order valence-electron chi connectivity index (χ4n) is 3.03. The summed E-state index contributed by atoms with van der Waals surface area (Å²) in [5, 5.41) is 0. The van der Waals surface area contributed by atoms with Crippen molar-refractivity contribution in [2.45, 2.75) is 32.7 Å². The molecule has 118 valence electrons. The second kappa shape index (κ2) is 6.86. The number of hydrogen-bond acceptors (Lipinski definition) is 3. The number of benzene rings is 1. The van der Waals surface area contributed by atoms with Crippen LogP contribution in [0.3, 0.4) is 0 Å². The number of carbonyl (C=O) groups is 1. The van der Waals surface area contributed by atoms with Gasteiger partial charge in [-0.2, -0.15) is 0 Å². The van der Waals surface area contributed by atoms with E-state index in [-0.39, 0.29) is 11.8 Å². The molecule has 4 nitrogen and oxygen atoms in total. The predicted octanol–water partition coefficient (Wildman–Crippen LogP) is 3.16. The van der Waals surface area contributed by atoms with Crippen LogP contribution in [0.25, 0.3) is 0 Å². The molecule has 1 aromatic carbocycles. The summed E-state index contributed by atoms with van der Waals surface area (Å²) < 4.78 is 11.2. The zero-order valence-corrected chi connectivity index (χ0v) is 13.1. The van der Waals surface area contributed by atoms with Crippen molar-refractivity contribution >= 4 is 5.91 Å². The van der Waals surface area contributed by atoms with Crippen LogP contribution in [0.4, 0.5) is 0 Å². The SMILES string of the molecule is CCN(Cc1ccc2c(c1)OCCO2)C(=O)[C@H]1CC=CCC1. The summed E-state index contributed by atoms with van der Waals surface area (Å²) in [5.74, 6) is 1.98. The first-order chi connectivity index (χ1) is 10.8. The third kappa shape index (κ3) is 3.26. The van der Waals surface area contributed by atoms with E-state index in [0.29, 0.717) is 19.8 Å². The molecule has 0 unspecified atom stereocenters. The average molecular weight is 301 g/mol. The van der Waals surface area contributed by atoms with E-state index >= 15 is 0 Å². The molecule has 0 saturated heterocycles. The number of allylic oxidation sites excluding steroid dienone is 2. The van der Waals surface area contributed by atoms with Gasteiger partial charge in [0.1, 0.15) is 13.2 Å². The first-order valence-corrected chi connectivity index (χ1v) is 8.10. The standard InChI is InChI=1S/C18H23NO3/c1-2-19(18(20)15-6-4-3-5-7-15)13-14-8-9-16-17(12-14)22-11-10-21-16/h3-4,8-9,12,15H,2,5-7,10-11,13H2,1H3/t15-/m0/s1. The van der Waals surface area contributed by atoms with Crippen molar-refractivity contribution in [3.8, 4) is 11.5 Å². The van der Waals surface area contributed by atoms with Gasteiger partial charge in [-0.15, -0.1) is 0 Å². The Balaban J connectivity index is 1.69. The van der Waals surface area contributed by atoms with Crippen molar-refractivity contribution in [3.05, 3.63) is 35.9 Å². The Bertz CT molecular complexity index is 567. The molecule has 2 aliphatic rings. The Morgan fingerprint density at radius 1 is 1.23 bits per heavy atom. The van der Waals surface area contributed by atoms with Gasteiger partial charge in [0.15, 0.2) is 11.5 Å². The van der Waals surface area contributed by atoms with Crippen molar-refractivity contribution in [1.29, 1.82) is 0 Å². The fourth-order valence-corrected chi connectivity index (χ4v) is 3.03. The maximum absolute atomic E-state index is 12.7. The molecule has 0 spiro atoms. The lowest BCUT2D eigenvalue weighted by Gasteiger charge is -2.27. The Morgan fingerprint density at radius 2 is 2.05 bits per heavy atom. The van der Waals surface area contributed by atoms with Crippen molar-refractivity contribution in [2.75, 3.05) is 19.8 Å². The molecule has 0 saturated carbocycles. The molecule has 0 aromatic heterocycles. The van der Waals surface area contributed by atoms with Gasteiger partial charge >= 0.3 is 0 Å². The molecule has 0 fully saturated rings. The zero-order chi connectivity index (χ0) is 15.4.